The summed E-state index contributed by atoms with van der Waals surface area (Å²) in [6.45, 7) is 3.63. The van der Waals surface area contributed by atoms with Gasteiger partial charge in [0, 0.05) is 0 Å². The van der Waals surface area contributed by atoms with Gasteiger partial charge in [-0.1, -0.05) is 43.0 Å². The van der Waals surface area contributed by atoms with Crippen molar-refractivity contribution in [3.63, 3.8) is 0 Å². The van der Waals surface area contributed by atoms with Crippen molar-refractivity contribution in [1.29, 1.82) is 0 Å². The summed E-state index contributed by atoms with van der Waals surface area (Å²) in [6.07, 6.45) is 1.58. The molecule has 0 atom stereocenters. The van der Waals surface area contributed by atoms with Gasteiger partial charge in [0.15, 0.2) is 0 Å². The first-order valence-electron chi connectivity index (χ1n) is 4.90. The van der Waals surface area contributed by atoms with Gasteiger partial charge < -0.3 is 0 Å². The van der Waals surface area contributed by atoms with Crippen LogP contribution in [0.1, 0.15) is 5.56 Å². The van der Waals surface area contributed by atoms with Gasteiger partial charge in [-0.15, -0.1) is 0 Å². The highest BCUT2D eigenvalue weighted by Crippen LogP contribution is 2.29. The molecule has 0 aliphatic heterocycles. The Morgan fingerprint density at radius 1 is 0.875 bits per heavy atom. The summed E-state index contributed by atoms with van der Waals surface area (Å²) >= 11 is 0. The van der Waals surface area contributed by atoms with Crippen LogP contribution in [0.5, 0.6) is 0 Å². The van der Waals surface area contributed by atoms with Crippen molar-refractivity contribution < 1.29 is 8.78 Å². The van der Waals surface area contributed by atoms with Crippen LogP contribution in [0.25, 0.3) is 17.2 Å². The number of hydrogen-bond donors (Lipinski definition) is 0. The second-order valence-corrected chi connectivity index (χ2v) is 3.39. The van der Waals surface area contributed by atoms with Crippen LogP contribution in [0.15, 0.2) is 49.0 Å². The number of benzene rings is 2. The molecule has 0 nitrogen and oxygen atoms in total. The zero-order chi connectivity index (χ0) is 11.5. The minimum Gasteiger partial charge on any atom is -0.206 e. The van der Waals surface area contributed by atoms with Gasteiger partial charge in [-0.2, -0.15) is 0 Å². The molecule has 0 saturated carbocycles. The molecule has 2 aromatic carbocycles. The van der Waals surface area contributed by atoms with Crippen LogP contribution in [0.4, 0.5) is 8.78 Å². The average Bonchev–Trinajstić information content (AvgIpc) is 2.29. The van der Waals surface area contributed by atoms with Crippen molar-refractivity contribution in [3.8, 4) is 11.1 Å². The summed E-state index contributed by atoms with van der Waals surface area (Å²) in [5.41, 5.74) is 1.23. The molecule has 0 aromatic heterocycles. The molecule has 16 heavy (non-hydrogen) atoms. The number of halogens is 2. The van der Waals surface area contributed by atoms with Gasteiger partial charge in [0.2, 0.25) is 0 Å². The second-order valence-electron chi connectivity index (χ2n) is 3.39. The van der Waals surface area contributed by atoms with E-state index in [-0.39, 0.29) is 5.56 Å². The van der Waals surface area contributed by atoms with Gasteiger partial charge in [0.1, 0.15) is 11.6 Å². The van der Waals surface area contributed by atoms with Crippen molar-refractivity contribution in [3.05, 3.63) is 66.2 Å². The maximum Gasteiger partial charge on any atom is 0.133 e. The highest BCUT2D eigenvalue weighted by Gasteiger charge is 2.12. The van der Waals surface area contributed by atoms with E-state index in [0.29, 0.717) is 11.1 Å². The van der Waals surface area contributed by atoms with E-state index in [0.717, 1.165) is 0 Å². The zero-order valence-corrected chi connectivity index (χ0v) is 8.58. The molecule has 0 spiro atoms. The first kappa shape index (κ1) is 10.6. The molecule has 2 heteroatoms. The lowest BCUT2D eigenvalue weighted by molar-refractivity contribution is 0.589. The molecule has 0 aliphatic carbocycles. The summed E-state index contributed by atoms with van der Waals surface area (Å²) in [6, 6.07) is 10.8. The molecular weight excluding hydrogens is 206 g/mol. The van der Waals surface area contributed by atoms with Crippen molar-refractivity contribution in [2.75, 3.05) is 0 Å². The highest BCUT2D eigenvalue weighted by atomic mass is 19.1. The molecule has 0 saturated heterocycles. The summed E-state index contributed by atoms with van der Waals surface area (Å²) < 4.78 is 27.2. The van der Waals surface area contributed by atoms with Crippen LogP contribution in [0.3, 0.4) is 0 Å². The van der Waals surface area contributed by atoms with Crippen molar-refractivity contribution in [1.82, 2.24) is 0 Å². The quantitative estimate of drug-likeness (QED) is 0.703. The summed E-state index contributed by atoms with van der Waals surface area (Å²) in [4.78, 5) is 0. The van der Waals surface area contributed by atoms with Gasteiger partial charge in [-0.05, 0) is 23.3 Å². The Labute approximate surface area is 92.9 Å². The first-order valence-corrected chi connectivity index (χ1v) is 4.90. The Bertz CT molecular complexity index is 510. The van der Waals surface area contributed by atoms with Crippen molar-refractivity contribution in [2.45, 2.75) is 0 Å². The predicted molar refractivity (Wildman–Crippen MR) is 61.9 cm³/mol. The molecule has 0 fully saturated rings. The summed E-state index contributed by atoms with van der Waals surface area (Å²) in [5, 5.41) is 0. The molecule has 2 rings (SSSR count). The molecule has 2 aromatic rings. The third kappa shape index (κ3) is 1.74. The van der Waals surface area contributed by atoms with Crippen LogP contribution in [0, 0.1) is 11.6 Å². The molecule has 0 bridgehead atoms. The van der Waals surface area contributed by atoms with Crippen molar-refractivity contribution in [2.24, 2.45) is 0 Å². The molecule has 0 radical (unpaired) electrons. The zero-order valence-electron chi connectivity index (χ0n) is 8.58. The molecule has 0 N–H and O–H groups in total. The van der Waals surface area contributed by atoms with E-state index < -0.39 is 11.6 Å². The summed E-state index contributed by atoms with van der Waals surface area (Å²) in [7, 11) is 0. The number of rotatable bonds is 2. The fourth-order valence-corrected chi connectivity index (χ4v) is 1.66. The van der Waals surface area contributed by atoms with Crippen LogP contribution >= 0.6 is 0 Å². The largest absolute Gasteiger partial charge is 0.206 e. The van der Waals surface area contributed by atoms with E-state index >= 15 is 0 Å². The molecular formula is C14H10F2. The minimum atomic E-state index is -0.561. The molecule has 0 amide bonds. The Kier molecular flexibility index (Phi) is 2.82. The van der Waals surface area contributed by atoms with Gasteiger partial charge in [0.25, 0.3) is 0 Å². The Hall–Kier alpha value is -1.96. The Balaban J connectivity index is 2.72. The lowest BCUT2D eigenvalue weighted by atomic mass is 9.99. The van der Waals surface area contributed by atoms with Gasteiger partial charge in [-0.3, -0.25) is 0 Å². The average molecular weight is 216 g/mol. The topological polar surface area (TPSA) is 0 Å². The molecule has 80 valence electrons. The van der Waals surface area contributed by atoms with E-state index in [2.05, 4.69) is 6.58 Å². The van der Waals surface area contributed by atoms with Crippen LogP contribution in [-0.2, 0) is 0 Å². The fraction of sp³-hybridized carbons (Fsp3) is 0. The smallest absolute Gasteiger partial charge is 0.133 e. The Morgan fingerprint density at radius 2 is 1.50 bits per heavy atom. The standard InChI is InChI=1S/C14H10F2/c1-2-10-6-3-4-7-11(10)14-12(15)8-5-9-13(14)16/h2-9H,1H2. The van der Waals surface area contributed by atoms with E-state index in [1.54, 1.807) is 30.3 Å². The summed E-state index contributed by atoms with van der Waals surface area (Å²) in [5.74, 6) is -1.12. The molecule has 0 heterocycles. The van der Waals surface area contributed by atoms with E-state index in [9.17, 15) is 8.78 Å². The van der Waals surface area contributed by atoms with E-state index in [1.807, 2.05) is 0 Å². The maximum absolute atomic E-state index is 13.6. The van der Waals surface area contributed by atoms with E-state index in [1.165, 1.54) is 18.2 Å². The van der Waals surface area contributed by atoms with Crippen LogP contribution in [0.2, 0.25) is 0 Å². The maximum atomic E-state index is 13.6. The van der Waals surface area contributed by atoms with Gasteiger partial charge >= 0.3 is 0 Å². The lowest BCUT2D eigenvalue weighted by Gasteiger charge is -2.08. The van der Waals surface area contributed by atoms with Crippen LogP contribution < -0.4 is 0 Å². The second kappa shape index (κ2) is 4.27. The SMILES string of the molecule is C=Cc1ccccc1-c1c(F)cccc1F. The molecule has 0 unspecified atom stereocenters. The Morgan fingerprint density at radius 3 is 2.12 bits per heavy atom. The van der Waals surface area contributed by atoms with Crippen molar-refractivity contribution >= 4 is 6.08 Å². The third-order valence-corrected chi connectivity index (χ3v) is 2.41. The predicted octanol–water partition coefficient (Wildman–Crippen LogP) is 4.27. The third-order valence-electron chi connectivity index (χ3n) is 2.41. The highest BCUT2D eigenvalue weighted by molar-refractivity contribution is 5.75. The molecule has 0 aliphatic rings. The fourth-order valence-electron chi connectivity index (χ4n) is 1.66. The van der Waals surface area contributed by atoms with Gasteiger partial charge in [0.05, 0.1) is 5.56 Å². The lowest BCUT2D eigenvalue weighted by Crippen LogP contribution is -1.91. The van der Waals surface area contributed by atoms with Gasteiger partial charge in [-0.25, -0.2) is 8.78 Å². The van der Waals surface area contributed by atoms with E-state index in [4.69, 9.17) is 0 Å². The minimum absolute atomic E-state index is 0.00185. The van der Waals surface area contributed by atoms with Crippen LogP contribution in [-0.4, -0.2) is 0 Å². The first-order chi connectivity index (χ1) is 7.74. The monoisotopic (exact) mass is 216 g/mol. The number of hydrogen-bond acceptors (Lipinski definition) is 0. The normalized spacial score (nSPS) is 10.1.